The number of carbonyl (C=O) groups excluding carboxylic acids is 3. The van der Waals surface area contributed by atoms with E-state index in [1.54, 1.807) is 6.92 Å². The Kier molecular flexibility index (Phi) is 13.2. The minimum Gasteiger partial charge on any atom is -0.464 e. The van der Waals surface area contributed by atoms with Gasteiger partial charge in [-0.3, -0.25) is 9.59 Å². The lowest BCUT2D eigenvalue weighted by Gasteiger charge is -2.14. The molecule has 30 heavy (non-hydrogen) atoms. The first-order valence-corrected chi connectivity index (χ1v) is 11.7. The molecule has 0 aromatic heterocycles. The SMILES string of the molecule is CCCC[C@H](CC)CC=C[C@H]1CCC(=O)[C@@H]1CC=CCCC(=O)C(O)C(=O)OCC. The Bertz CT molecular complexity index is 592. The molecule has 0 spiro atoms. The van der Waals surface area contributed by atoms with Gasteiger partial charge < -0.3 is 9.84 Å². The van der Waals surface area contributed by atoms with E-state index in [4.69, 9.17) is 0 Å². The molecule has 4 atom stereocenters. The lowest BCUT2D eigenvalue weighted by molar-refractivity contribution is -0.157. The number of Topliss-reactive ketones (excluding diaryl/α,β-unsaturated/α-hetero) is 2. The third kappa shape index (κ3) is 9.38. The molecule has 1 aliphatic carbocycles. The van der Waals surface area contributed by atoms with Crippen LogP contribution in [0.3, 0.4) is 0 Å². The molecule has 1 fully saturated rings. The van der Waals surface area contributed by atoms with Crippen LogP contribution in [0.5, 0.6) is 0 Å². The van der Waals surface area contributed by atoms with E-state index >= 15 is 0 Å². The Hall–Kier alpha value is -1.75. The number of hydrogen-bond acceptors (Lipinski definition) is 5. The molecule has 5 nitrogen and oxygen atoms in total. The predicted molar refractivity (Wildman–Crippen MR) is 119 cm³/mol. The van der Waals surface area contributed by atoms with Gasteiger partial charge in [-0.05, 0) is 44.4 Å². The van der Waals surface area contributed by atoms with E-state index in [0.29, 0.717) is 31.0 Å². The van der Waals surface area contributed by atoms with Crippen LogP contribution in [0.1, 0.15) is 85.0 Å². The van der Waals surface area contributed by atoms with E-state index in [0.717, 1.165) is 18.8 Å². The number of aliphatic hydroxyl groups excluding tert-OH is 1. The molecule has 0 radical (unpaired) electrons. The van der Waals surface area contributed by atoms with Crippen molar-refractivity contribution in [3.05, 3.63) is 24.3 Å². The van der Waals surface area contributed by atoms with Gasteiger partial charge in [0.15, 0.2) is 5.78 Å². The smallest absolute Gasteiger partial charge is 0.342 e. The van der Waals surface area contributed by atoms with Crippen molar-refractivity contribution in [2.24, 2.45) is 17.8 Å². The molecule has 0 aliphatic heterocycles. The van der Waals surface area contributed by atoms with Gasteiger partial charge in [-0.25, -0.2) is 4.79 Å². The molecule has 1 unspecified atom stereocenters. The highest BCUT2D eigenvalue weighted by Gasteiger charge is 2.31. The summed E-state index contributed by atoms with van der Waals surface area (Å²) in [5.41, 5.74) is 0. The number of hydrogen-bond donors (Lipinski definition) is 1. The van der Waals surface area contributed by atoms with Crippen molar-refractivity contribution in [1.29, 1.82) is 0 Å². The molecule has 0 saturated heterocycles. The van der Waals surface area contributed by atoms with Crippen LogP contribution in [-0.2, 0) is 19.1 Å². The van der Waals surface area contributed by atoms with E-state index in [-0.39, 0.29) is 18.9 Å². The number of allylic oxidation sites excluding steroid dienone is 4. The number of unbranched alkanes of at least 4 members (excludes halogenated alkanes) is 1. The van der Waals surface area contributed by atoms with Crippen molar-refractivity contribution in [2.45, 2.75) is 91.1 Å². The number of rotatable bonds is 15. The van der Waals surface area contributed by atoms with Crippen LogP contribution >= 0.6 is 0 Å². The summed E-state index contributed by atoms with van der Waals surface area (Å²) in [5.74, 6) is -0.0468. The maximum Gasteiger partial charge on any atom is 0.342 e. The van der Waals surface area contributed by atoms with Gasteiger partial charge in [-0.15, -0.1) is 0 Å². The van der Waals surface area contributed by atoms with Gasteiger partial charge >= 0.3 is 5.97 Å². The fourth-order valence-corrected chi connectivity index (χ4v) is 3.97. The lowest BCUT2D eigenvalue weighted by atomic mass is 9.90. The molecule has 1 saturated carbocycles. The Balaban J connectivity index is 2.43. The second kappa shape index (κ2) is 15.1. The Morgan fingerprint density at radius 2 is 1.97 bits per heavy atom. The van der Waals surface area contributed by atoms with Crippen LogP contribution in [0.15, 0.2) is 24.3 Å². The Morgan fingerprint density at radius 1 is 1.20 bits per heavy atom. The molecule has 0 amide bonds. The molecule has 5 heteroatoms. The standard InChI is InChI=1S/C25H40O5/c1-4-7-12-19(5-2)13-11-14-20-17-18-22(26)21(20)15-9-8-10-16-23(27)24(28)25(29)30-6-3/h8-9,11,14,19-21,24,28H,4-7,10,12-13,15-18H2,1-3H3/t19-,20-,21+,24?/m0/s1. The number of aliphatic hydroxyl groups is 1. The summed E-state index contributed by atoms with van der Waals surface area (Å²) in [5, 5.41) is 9.60. The van der Waals surface area contributed by atoms with Gasteiger partial charge in [0, 0.05) is 18.8 Å². The second-order valence-corrected chi connectivity index (χ2v) is 8.22. The summed E-state index contributed by atoms with van der Waals surface area (Å²) < 4.78 is 4.64. The topological polar surface area (TPSA) is 80.7 Å². The summed E-state index contributed by atoms with van der Waals surface area (Å²) >= 11 is 0. The van der Waals surface area contributed by atoms with Crippen LogP contribution in [0, 0.1) is 17.8 Å². The van der Waals surface area contributed by atoms with Crippen molar-refractivity contribution < 1.29 is 24.2 Å². The van der Waals surface area contributed by atoms with Crippen LogP contribution in [0.25, 0.3) is 0 Å². The maximum absolute atomic E-state index is 12.3. The third-order valence-electron chi connectivity index (χ3n) is 5.98. The van der Waals surface area contributed by atoms with Crippen LogP contribution in [0.4, 0.5) is 0 Å². The number of esters is 1. The van der Waals surface area contributed by atoms with Crippen LogP contribution < -0.4 is 0 Å². The highest BCUT2D eigenvalue weighted by molar-refractivity contribution is 6.01. The van der Waals surface area contributed by atoms with E-state index in [1.165, 1.54) is 25.7 Å². The number of ketones is 2. The molecule has 0 aromatic rings. The Morgan fingerprint density at radius 3 is 2.63 bits per heavy atom. The minimum absolute atomic E-state index is 0.0223. The lowest BCUT2D eigenvalue weighted by Crippen LogP contribution is -2.31. The average Bonchev–Trinajstić information content (AvgIpc) is 3.09. The first-order chi connectivity index (χ1) is 14.4. The molecule has 0 bridgehead atoms. The largest absolute Gasteiger partial charge is 0.464 e. The van der Waals surface area contributed by atoms with E-state index in [1.807, 2.05) is 12.2 Å². The van der Waals surface area contributed by atoms with Gasteiger partial charge in [0.1, 0.15) is 5.78 Å². The number of ether oxygens (including phenoxy) is 1. The molecular formula is C25H40O5. The molecular weight excluding hydrogens is 380 g/mol. The zero-order valence-electron chi connectivity index (χ0n) is 19.0. The fraction of sp³-hybridized carbons (Fsp3) is 0.720. The van der Waals surface area contributed by atoms with Gasteiger partial charge in [-0.1, -0.05) is 63.8 Å². The predicted octanol–water partition coefficient (Wildman–Crippen LogP) is 4.96. The summed E-state index contributed by atoms with van der Waals surface area (Å²) in [6.07, 6.45) is 15.5. The summed E-state index contributed by atoms with van der Waals surface area (Å²) in [7, 11) is 0. The first kappa shape index (κ1) is 26.3. The van der Waals surface area contributed by atoms with Crippen molar-refractivity contribution >= 4 is 17.5 Å². The summed E-state index contributed by atoms with van der Waals surface area (Å²) in [6.45, 7) is 6.23. The zero-order valence-corrected chi connectivity index (χ0v) is 19.0. The molecule has 170 valence electrons. The second-order valence-electron chi connectivity index (χ2n) is 8.22. The van der Waals surface area contributed by atoms with Crippen molar-refractivity contribution in [3.8, 4) is 0 Å². The maximum atomic E-state index is 12.3. The van der Waals surface area contributed by atoms with Crippen LogP contribution in [-0.4, -0.2) is 35.4 Å². The first-order valence-electron chi connectivity index (χ1n) is 11.7. The summed E-state index contributed by atoms with van der Waals surface area (Å²) in [4.78, 5) is 35.4. The van der Waals surface area contributed by atoms with Crippen molar-refractivity contribution in [2.75, 3.05) is 6.61 Å². The van der Waals surface area contributed by atoms with Gasteiger partial charge in [-0.2, -0.15) is 0 Å². The van der Waals surface area contributed by atoms with Gasteiger partial charge in [0.05, 0.1) is 6.61 Å². The van der Waals surface area contributed by atoms with Crippen molar-refractivity contribution in [1.82, 2.24) is 0 Å². The average molecular weight is 421 g/mol. The minimum atomic E-state index is -1.70. The third-order valence-corrected chi connectivity index (χ3v) is 5.98. The zero-order chi connectivity index (χ0) is 22.4. The fourth-order valence-electron chi connectivity index (χ4n) is 3.97. The van der Waals surface area contributed by atoms with Gasteiger partial charge in [0.2, 0.25) is 6.10 Å². The van der Waals surface area contributed by atoms with E-state index < -0.39 is 17.9 Å². The highest BCUT2D eigenvalue weighted by Crippen LogP contribution is 2.33. The monoisotopic (exact) mass is 420 g/mol. The van der Waals surface area contributed by atoms with Gasteiger partial charge in [0.25, 0.3) is 0 Å². The van der Waals surface area contributed by atoms with E-state index in [9.17, 15) is 19.5 Å². The molecule has 1 rings (SSSR count). The molecule has 0 heterocycles. The normalized spacial score (nSPS) is 21.4. The molecule has 1 aliphatic rings. The van der Waals surface area contributed by atoms with Crippen LogP contribution in [0.2, 0.25) is 0 Å². The Labute approximate surface area is 182 Å². The highest BCUT2D eigenvalue weighted by atomic mass is 16.5. The summed E-state index contributed by atoms with van der Waals surface area (Å²) in [6, 6.07) is 0. The molecule has 1 N–H and O–H groups in total. The molecule has 0 aromatic carbocycles. The number of carbonyl (C=O) groups is 3. The van der Waals surface area contributed by atoms with E-state index in [2.05, 4.69) is 30.7 Å². The van der Waals surface area contributed by atoms with Crippen molar-refractivity contribution in [3.63, 3.8) is 0 Å². The quantitative estimate of drug-likeness (QED) is 0.230.